The van der Waals surface area contributed by atoms with E-state index in [9.17, 15) is 13.2 Å². The van der Waals surface area contributed by atoms with Crippen molar-refractivity contribution in [2.24, 2.45) is 0 Å². The van der Waals surface area contributed by atoms with Crippen molar-refractivity contribution < 1.29 is 17.9 Å². The number of benzene rings is 1. The highest BCUT2D eigenvalue weighted by atomic mass is 32.2. The van der Waals surface area contributed by atoms with Crippen molar-refractivity contribution in [2.45, 2.75) is 24.8 Å². The minimum absolute atomic E-state index is 0.246. The van der Waals surface area contributed by atoms with E-state index in [0.29, 0.717) is 12.2 Å². The van der Waals surface area contributed by atoms with E-state index >= 15 is 0 Å². The van der Waals surface area contributed by atoms with Crippen LogP contribution in [0.4, 0.5) is 0 Å². The van der Waals surface area contributed by atoms with Crippen LogP contribution in [0.25, 0.3) is 0 Å². The minimum Gasteiger partial charge on any atom is -0.477 e. The molecule has 0 saturated heterocycles. The van der Waals surface area contributed by atoms with Gasteiger partial charge in [0, 0.05) is 12.5 Å². The van der Waals surface area contributed by atoms with Gasteiger partial charge in [-0.25, -0.2) is 13.4 Å². The Balaban J connectivity index is 2.14. The Morgan fingerprint density at radius 3 is 2.50 bits per heavy atom. The fourth-order valence-electron chi connectivity index (χ4n) is 2.18. The predicted octanol–water partition coefficient (Wildman–Crippen LogP) is 2.37. The third-order valence-corrected chi connectivity index (χ3v) is 4.58. The molecular weight excluding hydrogens is 328 g/mol. The summed E-state index contributed by atoms with van der Waals surface area (Å²) < 4.78 is 28.3. The number of hydrogen-bond acceptors (Lipinski definition) is 5. The lowest BCUT2D eigenvalue weighted by Gasteiger charge is -2.16. The Morgan fingerprint density at radius 2 is 1.92 bits per heavy atom. The number of nitrogens with zero attached hydrogens (tertiary/aromatic N) is 1. The lowest BCUT2D eigenvalue weighted by Crippen LogP contribution is -2.27. The first kappa shape index (κ1) is 17.9. The number of carbonyl (C=O) groups excluding carboxylic acids is 1. The first-order valence-electron chi connectivity index (χ1n) is 7.51. The molecule has 0 saturated carbocycles. The van der Waals surface area contributed by atoms with Gasteiger partial charge < -0.3 is 10.1 Å². The Bertz CT molecular complexity index is 817. The van der Waals surface area contributed by atoms with Crippen LogP contribution < -0.4 is 10.1 Å². The number of sulfone groups is 1. The van der Waals surface area contributed by atoms with Crippen LogP contribution in [0.3, 0.4) is 0 Å². The van der Waals surface area contributed by atoms with Crippen LogP contribution in [0.5, 0.6) is 5.88 Å². The van der Waals surface area contributed by atoms with E-state index in [0.717, 1.165) is 11.8 Å². The number of ether oxygens (including phenoxy) is 1. The van der Waals surface area contributed by atoms with Crippen LogP contribution in [-0.4, -0.2) is 32.2 Å². The van der Waals surface area contributed by atoms with Gasteiger partial charge in [-0.15, -0.1) is 0 Å². The van der Waals surface area contributed by atoms with Gasteiger partial charge in [0.05, 0.1) is 17.5 Å². The molecule has 1 heterocycles. The number of rotatable bonds is 6. The number of amides is 1. The predicted molar refractivity (Wildman–Crippen MR) is 90.8 cm³/mol. The SMILES string of the molecule is CCOc1ncccc1C(=O)N[C@H](C)c1ccc(S(C)(=O)=O)cc1. The number of pyridine rings is 1. The third kappa shape index (κ3) is 4.32. The molecule has 24 heavy (non-hydrogen) atoms. The van der Waals surface area contributed by atoms with Gasteiger partial charge in [0.25, 0.3) is 5.91 Å². The molecule has 0 spiro atoms. The smallest absolute Gasteiger partial charge is 0.257 e. The number of nitrogens with one attached hydrogen (secondary N) is 1. The van der Waals surface area contributed by atoms with E-state index in [1.807, 2.05) is 13.8 Å². The summed E-state index contributed by atoms with van der Waals surface area (Å²) in [6, 6.07) is 9.46. The van der Waals surface area contributed by atoms with Gasteiger partial charge in [-0.05, 0) is 43.7 Å². The van der Waals surface area contributed by atoms with E-state index in [-0.39, 0.29) is 22.7 Å². The number of carbonyl (C=O) groups is 1. The van der Waals surface area contributed by atoms with E-state index in [1.54, 1.807) is 30.5 Å². The maximum Gasteiger partial charge on any atom is 0.257 e. The zero-order valence-corrected chi connectivity index (χ0v) is 14.6. The molecular formula is C17H20N2O4S. The molecule has 6 nitrogen and oxygen atoms in total. The number of aromatic nitrogens is 1. The number of hydrogen-bond donors (Lipinski definition) is 1. The van der Waals surface area contributed by atoms with Crippen LogP contribution in [0.1, 0.15) is 35.8 Å². The highest BCUT2D eigenvalue weighted by molar-refractivity contribution is 7.90. The molecule has 0 radical (unpaired) electrons. The van der Waals surface area contributed by atoms with Gasteiger partial charge >= 0.3 is 0 Å². The Morgan fingerprint density at radius 1 is 1.25 bits per heavy atom. The summed E-state index contributed by atoms with van der Waals surface area (Å²) in [6.07, 6.45) is 2.72. The molecule has 0 fully saturated rings. The zero-order chi connectivity index (χ0) is 17.7. The zero-order valence-electron chi connectivity index (χ0n) is 13.8. The Labute approximate surface area is 141 Å². The van der Waals surface area contributed by atoms with Gasteiger partial charge in [0.2, 0.25) is 5.88 Å². The fourth-order valence-corrected chi connectivity index (χ4v) is 2.81. The standard InChI is InChI=1S/C17H20N2O4S/c1-4-23-17-15(6-5-11-18-17)16(20)19-12(2)13-7-9-14(10-8-13)24(3,21)22/h5-12H,4H2,1-3H3,(H,19,20)/t12-/m1/s1. The van der Waals surface area contributed by atoms with Crippen molar-refractivity contribution in [2.75, 3.05) is 12.9 Å². The molecule has 0 bridgehead atoms. The summed E-state index contributed by atoms with van der Waals surface area (Å²) in [6.45, 7) is 4.06. The molecule has 2 aromatic rings. The van der Waals surface area contributed by atoms with Crippen LogP contribution in [-0.2, 0) is 9.84 Å². The molecule has 0 unspecified atom stereocenters. The molecule has 1 atom stereocenters. The molecule has 1 N–H and O–H groups in total. The van der Waals surface area contributed by atoms with Gasteiger partial charge in [-0.2, -0.15) is 0 Å². The molecule has 1 aromatic heterocycles. The molecule has 0 aliphatic rings. The summed E-state index contributed by atoms with van der Waals surface area (Å²) >= 11 is 0. The third-order valence-electron chi connectivity index (χ3n) is 3.45. The lowest BCUT2D eigenvalue weighted by molar-refractivity contribution is 0.0935. The van der Waals surface area contributed by atoms with Crippen molar-refractivity contribution in [3.8, 4) is 5.88 Å². The molecule has 0 aliphatic heterocycles. The summed E-state index contributed by atoms with van der Waals surface area (Å²) in [5.41, 5.74) is 1.16. The average molecular weight is 348 g/mol. The van der Waals surface area contributed by atoms with Crippen LogP contribution in [0.15, 0.2) is 47.5 Å². The normalized spacial score (nSPS) is 12.5. The molecule has 1 amide bonds. The molecule has 7 heteroatoms. The lowest BCUT2D eigenvalue weighted by atomic mass is 10.1. The summed E-state index contributed by atoms with van der Waals surface area (Å²) in [7, 11) is -3.24. The van der Waals surface area contributed by atoms with Crippen molar-refractivity contribution in [3.63, 3.8) is 0 Å². The average Bonchev–Trinajstić information content (AvgIpc) is 2.55. The quantitative estimate of drug-likeness (QED) is 0.866. The van der Waals surface area contributed by atoms with E-state index in [2.05, 4.69) is 10.3 Å². The van der Waals surface area contributed by atoms with Gasteiger partial charge in [-0.1, -0.05) is 12.1 Å². The van der Waals surface area contributed by atoms with Crippen LogP contribution in [0, 0.1) is 0 Å². The summed E-state index contributed by atoms with van der Waals surface area (Å²) in [5.74, 6) is -0.0108. The Kier molecular flexibility index (Phi) is 5.56. The maximum atomic E-state index is 12.4. The van der Waals surface area contributed by atoms with Crippen molar-refractivity contribution in [1.29, 1.82) is 0 Å². The maximum absolute atomic E-state index is 12.4. The van der Waals surface area contributed by atoms with Gasteiger partial charge in [-0.3, -0.25) is 4.79 Å². The monoisotopic (exact) mass is 348 g/mol. The van der Waals surface area contributed by atoms with Crippen molar-refractivity contribution in [3.05, 3.63) is 53.7 Å². The summed E-state index contributed by atoms with van der Waals surface area (Å²) in [5, 5.41) is 2.86. The second-order valence-corrected chi connectivity index (χ2v) is 7.34. The second-order valence-electron chi connectivity index (χ2n) is 5.33. The molecule has 128 valence electrons. The van der Waals surface area contributed by atoms with Crippen LogP contribution in [0.2, 0.25) is 0 Å². The van der Waals surface area contributed by atoms with Crippen molar-refractivity contribution >= 4 is 15.7 Å². The second kappa shape index (κ2) is 7.44. The highest BCUT2D eigenvalue weighted by Gasteiger charge is 2.17. The highest BCUT2D eigenvalue weighted by Crippen LogP contribution is 2.19. The largest absolute Gasteiger partial charge is 0.477 e. The summed E-state index contributed by atoms with van der Waals surface area (Å²) in [4.78, 5) is 16.7. The van der Waals surface area contributed by atoms with Crippen molar-refractivity contribution in [1.82, 2.24) is 10.3 Å². The fraction of sp³-hybridized carbons (Fsp3) is 0.294. The van der Waals surface area contributed by atoms with Gasteiger partial charge in [0.15, 0.2) is 9.84 Å². The molecule has 2 rings (SSSR count). The molecule has 0 aliphatic carbocycles. The first-order valence-corrected chi connectivity index (χ1v) is 9.40. The molecule has 1 aromatic carbocycles. The van der Waals surface area contributed by atoms with E-state index < -0.39 is 9.84 Å². The van der Waals surface area contributed by atoms with Gasteiger partial charge in [0.1, 0.15) is 5.56 Å². The van der Waals surface area contributed by atoms with E-state index in [1.165, 1.54) is 12.1 Å². The topological polar surface area (TPSA) is 85.4 Å². The minimum atomic E-state index is -3.24. The Hall–Kier alpha value is -2.41. The van der Waals surface area contributed by atoms with Crippen LogP contribution >= 0.6 is 0 Å². The first-order chi connectivity index (χ1) is 11.3. The van der Waals surface area contributed by atoms with E-state index in [4.69, 9.17) is 4.74 Å².